The van der Waals surface area contributed by atoms with Gasteiger partial charge in [0.05, 0.1) is 5.02 Å². The maximum Gasteiger partial charge on any atom is 0.255 e. The van der Waals surface area contributed by atoms with Crippen LogP contribution in [-0.2, 0) is 0 Å². The first-order chi connectivity index (χ1) is 12.4. The molecule has 0 aliphatic carbocycles. The zero-order valence-electron chi connectivity index (χ0n) is 13.1. The summed E-state index contributed by atoms with van der Waals surface area (Å²) in [4.78, 5) is 13.9. The third-order valence-corrected chi connectivity index (χ3v) is 4.91. The Kier molecular flexibility index (Phi) is 5.54. The summed E-state index contributed by atoms with van der Waals surface area (Å²) in [5.74, 6) is -4.94. The predicted molar refractivity (Wildman–Crippen MR) is 96.3 cm³/mol. The summed E-state index contributed by atoms with van der Waals surface area (Å²) in [6.07, 6.45) is 0. The summed E-state index contributed by atoms with van der Waals surface area (Å²) in [6, 6.07) is 15.5. The minimum Gasteiger partial charge on any atom is -0.322 e. The van der Waals surface area contributed by atoms with E-state index in [4.69, 9.17) is 11.6 Å². The molecule has 26 heavy (non-hydrogen) atoms. The molecule has 0 unspecified atom stereocenters. The lowest BCUT2D eigenvalue weighted by molar-refractivity contribution is 0.102. The van der Waals surface area contributed by atoms with Gasteiger partial charge in [0, 0.05) is 33.2 Å². The molecule has 7 heteroatoms. The molecule has 2 nitrogen and oxygen atoms in total. The molecule has 132 valence electrons. The van der Waals surface area contributed by atoms with Gasteiger partial charge in [-0.25, -0.2) is 13.2 Å². The molecule has 1 N–H and O–H groups in total. The summed E-state index contributed by atoms with van der Waals surface area (Å²) in [5.41, 5.74) is 0.0663. The maximum absolute atomic E-state index is 13.3. The SMILES string of the molecule is O=C(Nc1cc(F)c(F)c(F)c1)c1ccc(Cl)c(Sc2ccccc2)c1. The standard InChI is InChI=1S/C19H11ClF3NOS/c20-14-7-6-11(8-17(14)26-13-4-2-1-3-5-13)19(25)24-12-9-15(21)18(23)16(22)10-12/h1-10H,(H,24,25). The molecule has 0 saturated heterocycles. The molecular weight excluding hydrogens is 383 g/mol. The van der Waals surface area contributed by atoms with Gasteiger partial charge in [0.15, 0.2) is 17.5 Å². The van der Waals surface area contributed by atoms with Crippen molar-refractivity contribution in [3.63, 3.8) is 0 Å². The molecule has 0 atom stereocenters. The number of carbonyl (C=O) groups is 1. The van der Waals surface area contributed by atoms with Crippen LogP contribution in [0.2, 0.25) is 5.02 Å². The van der Waals surface area contributed by atoms with Crippen LogP contribution in [0.15, 0.2) is 70.5 Å². The normalized spacial score (nSPS) is 10.6. The van der Waals surface area contributed by atoms with E-state index in [0.29, 0.717) is 22.1 Å². The molecule has 0 spiro atoms. The van der Waals surface area contributed by atoms with E-state index < -0.39 is 23.4 Å². The van der Waals surface area contributed by atoms with Gasteiger partial charge in [-0.3, -0.25) is 4.79 Å². The number of hydrogen-bond donors (Lipinski definition) is 1. The second kappa shape index (κ2) is 7.85. The first kappa shape index (κ1) is 18.4. The molecule has 0 fully saturated rings. The molecule has 3 aromatic rings. The van der Waals surface area contributed by atoms with Crippen LogP contribution in [0.4, 0.5) is 18.9 Å². The van der Waals surface area contributed by atoms with Crippen molar-refractivity contribution in [1.29, 1.82) is 0 Å². The monoisotopic (exact) mass is 393 g/mol. The highest BCUT2D eigenvalue weighted by molar-refractivity contribution is 7.99. The Bertz CT molecular complexity index is 943. The van der Waals surface area contributed by atoms with Crippen LogP contribution in [0.5, 0.6) is 0 Å². The Labute approximate surface area is 157 Å². The zero-order chi connectivity index (χ0) is 18.7. The van der Waals surface area contributed by atoms with Crippen molar-refractivity contribution in [1.82, 2.24) is 0 Å². The quantitative estimate of drug-likeness (QED) is 0.538. The average Bonchev–Trinajstić information content (AvgIpc) is 2.62. The summed E-state index contributed by atoms with van der Waals surface area (Å²) in [7, 11) is 0. The molecule has 0 aromatic heterocycles. The number of amides is 1. The maximum atomic E-state index is 13.3. The number of anilines is 1. The lowest BCUT2D eigenvalue weighted by atomic mass is 10.2. The van der Waals surface area contributed by atoms with E-state index in [1.807, 2.05) is 30.3 Å². The molecule has 0 aliphatic rings. The molecule has 0 bridgehead atoms. The van der Waals surface area contributed by atoms with Crippen molar-refractivity contribution in [2.24, 2.45) is 0 Å². The average molecular weight is 394 g/mol. The van der Waals surface area contributed by atoms with E-state index in [1.165, 1.54) is 17.8 Å². The number of halogens is 4. The van der Waals surface area contributed by atoms with E-state index in [9.17, 15) is 18.0 Å². The van der Waals surface area contributed by atoms with Gasteiger partial charge in [-0.2, -0.15) is 0 Å². The lowest BCUT2D eigenvalue weighted by Crippen LogP contribution is -2.12. The van der Waals surface area contributed by atoms with Crippen LogP contribution in [0.25, 0.3) is 0 Å². The summed E-state index contributed by atoms with van der Waals surface area (Å²) >= 11 is 7.55. The fourth-order valence-electron chi connectivity index (χ4n) is 2.17. The molecule has 0 saturated carbocycles. The van der Waals surface area contributed by atoms with Gasteiger partial charge in [0.1, 0.15) is 0 Å². The number of nitrogens with one attached hydrogen (secondary N) is 1. The van der Waals surface area contributed by atoms with Gasteiger partial charge >= 0.3 is 0 Å². The highest BCUT2D eigenvalue weighted by Gasteiger charge is 2.14. The van der Waals surface area contributed by atoms with E-state index >= 15 is 0 Å². The topological polar surface area (TPSA) is 29.1 Å². The highest BCUT2D eigenvalue weighted by Crippen LogP contribution is 2.34. The van der Waals surface area contributed by atoms with Crippen LogP contribution in [0.3, 0.4) is 0 Å². The fraction of sp³-hybridized carbons (Fsp3) is 0. The van der Waals surface area contributed by atoms with Crippen LogP contribution in [0.1, 0.15) is 10.4 Å². The second-order valence-electron chi connectivity index (χ2n) is 5.27. The Morgan fingerprint density at radius 1 is 0.923 bits per heavy atom. The third-order valence-electron chi connectivity index (χ3n) is 3.41. The van der Waals surface area contributed by atoms with Crippen molar-refractivity contribution < 1.29 is 18.0 Å². The lowest BCUT2D eigenvalue weighted by Gasteiger charge is -2.09. The number of rotatable bonds is 4. The van der Waals surface area contributed by atoms with Crippen LogP contribution < -0.4 is 5.32 Å². The van der Waals surface area contributed by atoms with Crippen molar-refractivity contribution in [2.45, 2.75) is 9.79 Å². The van der Waals surface area contributed by atoms with Crippen molar-refractivity contribution >= 4 is 35.0 Å². The van der Waals surface area contributed by atoms with Gasteiger partial charge in [-0.05, 0) is 30.3 Å². The van der Waals surface area contributed by atoms with E-state index in [-0.39, 0.29) is 11.3 Å². The molecule has 0 radical (unpaired) electrons. The summed E-state index contributed by atoms with van der Waals surface area (Å²) < 4.78 is 39.5. The van der Waals surface area contributed by atoms with Crippen LogP contribution in [0, 0.1) is 17.5 Å². The van der Waals surface area contributed by atoms with E-state index in [0.717, 1.165) is 4.90 Å². The smallest absolute Gasteiger partial charge is 0.255 e. The van der Waals surface area contributed by atoms with Crippen molar-refractivity contribution in [2.75, 3.05) is 5.32 Å². The van der Waals surface area contributed by atoms with E-state index in [2.05, 4.69) is 5.32 Å². The van der Waals surface area contributed by atoms with Crippen LogP contribution >= 0.6 is 23.4 Å². The zero-order valence-corrected chi connectivity index (χ0v) is 14.7. The number of hydrogen-bond acceptors (Lipinski definition) is 2. The van der Waals surface area contributed by atoms with Gasteiger partial charge < -0.3 is 5.32 Å². The summed E-state index contributed by atoms with van der Waals surface area (Å²) in [6.45, 7) is 0. The van der Waals surface area contributed by atoms with Crippen LogP contribution in [-0.4, -0.2) is 5.91 Å². The Morgan fingerprint density at radius 2 is 1.58 bits per heavy atom. The van der Waals surface area contributed by atoms with Crippen molar-refractivity contribution in [3.05, 3.63) is 88.7 Å². The minimum atomic E-state index is -1.59. The highest BCUT2D eigenvalue weighted by atomic mass is 35.5. The number of benzene rings is 3. The second-order valence-corrected chi connectivity index (χ2v) is 6.79. The minimum absolute atomic E-state index is 0.182. The fourth-order valence-corrected chi connectivity index (χ4v) is 3.30. The Morgan fingerprint density at radius 3 is 2.23 bits per heavy atom. The molecule has 1 amide bonds. The largest absolute Gasteiger partial charge is 0.322 e. The van der Waals surface area contributed by atoms with Crippen molar-refractivity contribution in [3.8, 4) is 0 Å². The molecule has 0 heterocycles. The first-order valence-electron chi connectivity index (χ1n) is 7.42. The van der Waals surface area contributed by atoms with E-state index in [1.54, 1.807) is 12.1 Å². The Balaban J connectivity index is 1.83. The summed E-state index contributed by atoms with van der Waals surface area (Å²) in [5, 5.41) is 2.81. The Hall–Kier alpha value is -2.44. The third kappa shape index (κ3) is 4.20. The molecular formula is C19H11ClF3NOS. The number of carbonyl (C=O) groups excluding carboxylic acids is 1. The van der Waals surface area contributed by atoms with Gasteiger partial charge in [-0.15, -0.1) is 0 Å². The van der Waals surface area contributed by atoms with Gasteiger partial charge in [0.2, 0.25) is 0 Å². The molecule has 3 rings (SSSR count). The molecule has 0 aliphatic heterocycles. The molecule has 3 aromatic carbocycles. The van der Waals surface area contributed by atoms with Gasteiger partial charge in [-0.1, -0.05) is 41.6 Å². The van der Waals surface area contributed by atoms with Gasteiger partial charge in [0.25, 0.3) is 5.91 Å². The first-order valence-corrected chi connectivity index (χ1v) is 8.62. The predicted octanol–water partition coefficient (Wildman–Crippen LogP) is 6.16.